The molecule has 1 aliphatic rings. The molecule has 0 radical (unpaired) electrons. The SMILES string of the molecule is C=COC(=O)CCCCCCCCC1CO1. The zero-order valence-corrected chi connectivity index (χ0v) is 9.95. The van der Waals surface area contributed by atoms with Crippen molar-refractivity contribution >= 4 is 5.97 Å². The van der Waals surface area contributed by atoms with E-state index in [1.807, 2.05) is 0 Å². The predicted molar refractivity (Wildman–Crippen MR) is 63.0 cm³/mol. The lowest BCUT2D eigenvalue weighted by Crippen LogP contribution is -1.98. The van der Waals surface area contributed by atoms with Gasteiger partial charge in [-0.3, -0.25) is 4.79 Å². The summed E-state index contributed by atoms with van der Waals surface area (Å²) in [5, 5.41) is 0. The zero-order chi connectivity index (χ0) is 11.6. The highest BCUT2D eigenvalue weighted by atomic mass is 16.6. The number of rotatable bonds is 10. The Bertz CT molecular complexity index is 209. The molecule has 1 rings (SSSR count). The Morgan fingerprint density at radius 2 is 1.88 bits per heavy atom. The molecule has 16 heavy (non-hydrogen) atoms. The highest BCUT2D eigenvalue weighted by molar-refractivity contribution is 5.69. The minimum atomic E-state index is -0.166. The standard InChI is InChI=1S/C13H22O3/c1-2-15-13(14)10-8-6-4-3-5-7-9-12-11-16-12/h2,12H,1,3-11H2. The van der Waals surface area contributed by atoms with Crippen LogP contribution in [0.4, 0.5) is 0 Å². The van der Waals surface area contributed by atoms with Crippen molar-refractivity contribution in [1.82, 2.24) is 0 Å². The van der Waals surface area contributed by atoms with Crippen LogP contribution in [0.2, 0.25) is 0 Å². The normalized spacial score (nSPS) is 18.1. The maximum Gasteiger partial charge on any atom is 0.310 e. The number of unbranched alkanes of at least 4 members (excludes halogenated alkanes) is 5. The van der Waals surface area contributed by atoms with E-state index in [9.17, 15) is 4.79 Å². The van der Waals surface area contributed by atoms with Gasteiger partial charge in [0.1, 0.15) is 0 Å². The summed E-state index contributed by atoms with van der Waals surface area (Å²) in [6, 6.07) is 0. The third-order valence-electron chi connectivity index (χ3n) is 2.77. The lowest BCUT2D eigenvalue weighted by molar-refractivity contribution is -0.138. The monoisotopic (exact) mass is 226 g/mol. The number of esters is 1. The second-order valence-electron chi connectivity index (χ2n) is 4.27. The molecule has 1 unspecified atom stereocenters. The van der Waals surface area contributed by atoms with E-state index in [0.717, 1.165) is 19.4 Å². The summed E-state index contributed by atoms with van der Waals surface area (Å²) in [5.41, 5.74) is 0. The smallest absolute Gasteiger partial charge is 0.310 e. The van der Waals surface area contributed by atoms with Gasteiger partial charge in [-0.2, -0.15) is 0 Å². The van der Waals surface area contributed by atoms with Crippen LogP contribution in [0.1, 0.15) is 51.4 Å². The third-order valence-corrected chi connectivity index (χ3v) is 2.77. The first-order chi connectivity index (χ1) is 7.83. The van der Waals surface area contributed by atoms with E-state index < -0.39 is 0 Å². The van der Waals surface area contributed by atoms with Gasteiger partial charge in [0, 0.05) is 6.42 Å². The summed E-state index contributed by atoms with van der Waals surface area (Å²) in [7, 11) is 0. The highest BCUT2D eigenvalue weighted by Gasteiger charge is 2.20. The molecule has 3 heteroatoms. The number of epoxide rings is 1. The highest BCUT2D eigenvalue weighted by Crippen LogP contribution is 2.18. The van der Waals surface area contributed by atoms with Crippen LogP contribution in [0.25, 0.3) is 0 Å². The molecule has 0 aromatic rings. The molecule has 0 saturated carbocycles. The Hall–Kier alpha value is -0.830. The Labute approximate surface area is 97.8 Å². The minimum absolute atomic E-state index is 0.166. The maximum absolute atomic E-state index is 11.0. The van der Waals surface area contributed by atoms with Gasteiger partial charge in [-0.15, -0.1) is 0 Å². The molecule has 0 spiro atoms. The van der Waals surface area contributed by atoms with E-state index in [1.165, 1.54) is 38.4 Å². The average molecular weight is 226 g/mol. The van der Waals surface area contributed by atoms with Crippen molar-refractivity contribution in [1.29, 1.82) is 0 Å². The van der Waals surface area contributed by atoms with E-state index in [2.05, 4.69) is 11.3 Å². The van der Waals surface area contributed by atoms with Gasteiger partial charge in [0.15, 0.2) is 0 Å². The molecule has 1 fully saturated rings. The van der Waals surface area contributed by atoms with Gasteiger partial charge < -0.3 is 9.47 Å². The Morgan fingerprint density at radius 3 is 2.50 bits per heavy atom. The van der Waals surface area contributed by atoms with Gasteiger partial charge in [-0.1, -0.05) is 38.7 Å². The maximum atomic E-state index is 11.0. The van der Waals surface area contributed by atoms with Crippen LogP contribution in [-0.4, -0.2) is 18.7 Å². The Kier molecular flexibility index (Phi) is 6.90. The van der Waals surface area contributed by atoms with Crippen molar-refractivity contribution in [2.75, 3.05) is 6.61 Å². The summed E-state index contributed by atoms with van der Waals surface area (Å²) in [6.07, 6.45) is 10.6. The topological polar surface area (TPSA) is 38.8 Å². The predicted octanol–water partition coefficient (Wildman–Crippen LogP) is 3.19. The van der Waals surface area contributed by atoms with Crippen molar-refractivity contribution < 1.29 is 14.3 Å². The molecule has 0 aromatic heterocycles. The number of carbonyl (C=O) groups is 1. The van der Waals surface area contributed by atoms with Crippen molar-refractivity contribution in [2.24, 2.45) is 0 Å². The third kappa shape index (κ3) is 7.46. The summed E-state index contributed by atoms with van der Waals surface area (Å²) in [4.78, 5) is 11.0. The molecule has 1 heterocycles. The lowest BCUT2D eigenvalue weighted by atomic mass is 10.1. The number of hydrogen-bond donors (Lipinski definition) is 0. The molecule has 0 bridgehead atoms. The van der Waals surface area contributed by atoms with Gasteiger partial charge in [-0.25, -0.2) is 0 Å². The molecule has 1 saturated heterocycles. The second-order valence-corrected chi connectivity index (χ2v) is 4.27. The van der Waals surface area contributed by atoms with Gasteiger partial charge in [-0.05, 0) is 12.8 Å². The van der Waals surface area contributed by atoms with Gasteiger partial charge in [0.2, 0.25) is 0 Å². The fourth-order valence-corrected chi connectivity index (χ4v) is 1.74. The van der Waals surface area contributed by atoms with Crippen molar-refractivity contribution in [3.63, 3.8) is 0 Å². The number of carbonyl (C=O) groups excluding carboxylic acids is 1. The molecule has 0 aliphatic carbocycles. The lowest BCUT2D eigenvalue weighted by Gasteiger charge is -2.01. The van der Waals surface area contributed by atoms with Crippen LogP contribution in [-0.2, 0) is 14.3 Å². The quantitative estimate of drug-likeness (QED) is 0.248. The molecule has 0 amide bonds. The minimum Gasteiger partial charge on any atom is -0.435 e. The molecule has 0 N–H and O–H groups in total. The van der Waals surface area contributed by atoms with E-state index in [-0.39, 0.29) is 5.97 Å². The Balaban J connectivity index is 1.73. The van der Waals surface area contributed by atoms with Crippen LogP contribution < -0.4 is 0 Å². The molecule has 1 atom stereocenters. The van der Waals surface area contributed by atoms with Crippen LogP contribution >= 0.6 is 0 Å². The summed E-state index contributed by atoms with van der Waals surface area (Å²) in [6.45, 7) is 4.32. The van der Waals surface area contributed by atoms with Crippen molar-refractivity contribution in [3.8, 4) is 0 Å². The van der Waals surface area contributed by atoms with Gasteiger partial charge in [0.25, 0.3) is 0 Å². The molecule has 3 nitrogen and oxygen atoms in total. The molecule has 0 aromatic carbocycles. The first-order valence-electron chi connectivity index (χ1n) is 6.25. The van der Waals surface area contributed by atoms with Crippen molar-refractivity contribution in [2.45, 2.75) is 57.5 Å². The van der Waals surface area contributed by atoms with Crippen LogP contribution in [0.3, 0.4) is 0 Å². The van der Waals surface area contributed by atoms with Crippen LogP contribution in [0.5, 0.6) is 0 Å². The fourth-order valence-electron chi connectivity index (χ4n) is 1.74. The number of hydrogen-bond acceptors (Lipinski definition) is 3. The largest absolute Gasteiger partial charge is 0.435 e. The average Bonchev–Trinajstić information content (AvgIpc) is 3.06. The molecular weight excluding hydrogens is 204 g/mol. The number of ether oxygens (including phenoxy) is 2. The van der Waals surface area contributed by atoms with Crippen molar-refractivity contribution in [3.05, 3.63) is 12.8 Å². The summed E-state index contributed by atoms with van der Waals surface area (Å²) >= 11 is 0. The van der Waals surface area contributed by atoms with Gasteiger partial charge in [0.05, 0.1) is 19.0 Å². The van der Waals surface area contributed by atoms with Gasteiger partial charge >= 0.3 is 5.97 Å². The van der Waals surface area contributed by atoms with E-state index in [1.54, 1.807) is 0 Å². The first kappa shape index (κ1) is 13.2. The Morgan fingerprint density at radius 1 is 1.25 bits per heavy atom. The van der Waals surface area contributed by atoms with E-state index >= 15 is 0 Å². The summed E-state index contributed by atoms with van der Waals surface area (Å²) in [5.74, 6) is -0.166. The fraction of sp³-hybridized carbons (Fsp3) is 0.769. The van der Waals surface area contributed by atoms with E-state index in [4.69, 9.17) is 4.74 Å². The zero-order valence-electron chi connectivity index (χ0n) is 9.95. The first-order valence-corrected chi connectivity index (χ1v) is 6.25. The van der Waals surface area contributed by atoms with Crippen LogP contribution in [0.15, 0.2) is 12.8 Å². The second kappa shape index (κ2) is 8.34. The molecule has 92 valence electrons. The summed E-state index contributed by atoms with van der Waals surface area (Å²) < 4.78 is 9.77. The van der Waals surface area contributed by atoms with E-state index in [0.29, 0.717) is 12.5 Å². The molecular formula is C13H22O3. The van der Waals surface area contributed by atoms with Crippen LogP contribution in [0, 0.1) is 0 Å². The molecule has 1 aliphatic heterocycles.